The van der Waals surface area contributed by atoms with Crippen molar-refractivity contribution in [3.63, 3.8) is 0 Å². The number of nitrogens with zero attached hydrogens (tertiary/aromatic N) is 4. The molecule has 1 aliphatic rings. The van der Waals surface area contributed by atoms with Gasteiger partial charge in [-0.05, 0) is 37.3 Å². The Balaban J connectivity index is 1.56. The summed E-state index contributed by atoms with van der Waals surface area (Å²) in [7, 11) is 1.90. The molecule has 0 saturated carbocycles. The average Bonchev–Trinajstić information content (AvgIpc) is 3.35. The number of nitrogens with one attached hydrogen (secondary N) is 1. The molecule has 0 bridgehead atoms. The molecule has 3 aromatic rings. The molecule has 1 amide bonds. The molecule has 6 nitrogen and oxygen atoms in total. The molecule has 6 heteroatoms. The Kier molecular flexibility index (Phi) is 4.32. The van der Waals surface area contributed by atoms with E-state index in [4.69, 9.17) is 0 Å². The second-order valence-electron chi connectivity index (χ2n) is 6.82. The van der Waals surface area contributed by atoms with Crippen molar-refractivity contribution in [1.82, 2.24) is 24.9 Å². The van der Waals surface area contributed by atoms with Gasteiger partial charge in [0.15, 0.2) is 0 Å². The molecular formula is C20H23N5O. The Bertz CT molecular complexity index is 926. The lowest BCUT2D eigenvalue weighted by Crippen LogP contribution is -2.40. The summed E-state index contributed by atoms with van der Waals surface area (Å²) in [5.74, 6) is 0.00220. The summed E-state index contributed by atoms with van der Waals surface area (Å²) in [5, 5.41) is 11.4. The standard InChI is InChI=1S/C20H23N5O/c1-3-25-13-16(11-22-25)19-18(12-21-23-19)20(26)24(2)17-9-8-14-6-4-5-7-15(14)10-17/h4-7,11-13,17H,3,8-10H2,1-2H3,(H,21,23). The number of hydrogen-bond donors (Lipinski definition) is 1. The highest BCUT2D eigenvalue weighted by atomic mass is 16.2. The van der Waals surface area contributed by atoms with E-state index in [0.29, 0.717) is 5.56 Å². The third-order valence-corrected chi connectivity index (χ3v) is 5.30. The number of rotatable bonds is 4. The van der Waals surface area contributed by atoms with E-state index >= 15 is 0 Å². The van der Waals surface area contributed by atoms with Gasteiger partial charge >= 0.3 is 0 Å². The van der Waals surface area contributed by atoms with Gasteiger partial charge in [-0.2, -0.15) is 10.2 Å². The molecule has 134 valence electrons. The van der Waals surface area contributed by atoms with Crippen molar-refractivity contribution in [3.8, 4) is 11.3 Å². The largest absolute Gasteiger partial charge is 0.338 e. The van der Waals surface area contributed by atoms with Crippen LogP contribution in [0.15, 0.2) is 42.9 Å². The van der Waals surface area contributed by atoms with Crippen LogP contribution in [0.1, 0.15) is 34.8 Å². The van der Waals surface area contributed by atoms with E-state index in [9.17, 15) is 4.79 Å². The third-order valence-electron chi connectivity index (χ3n) is 5.30. The van der Waals surface area contributed by atoms with Crippen LogP contribution in [0.4, 0.5) is 0 Å². The first-order valence-corrected chi connectivity index (χ1v) is 9.07. The van der Waals surface area contributed by atoms with Crippen molar-refractivity contribution < 1.29 is 4.79 Å². The second kappa shape index (κ2) is 6.78. The first kappa shape index (κ1) is 16.6. The maximum atomic E-state index is 13.1. The fraction of sp³-hybridized carbons (Fsp3) is 0.350. The fourth-order valence-electron chi connectivity index (χ4n) is 3.70. The maximum absolute atomic E-state index is 13.1. The summed E-state index contributed by atoms with van der Waals surface area (Å²) in [6.07, 6.45) is 8.22. The van der Waals surface area contributed by atoms with Crippen molar-refractivity contribution in [2.75, 3.05) is 7.05 Å². The van der Waals surface area contributed by atoms with E-state index in [-0.39, 0.29) is 11.9 Å². The molecule has 0 radical (unpaired) electrons. The molecule has 1 N–H and O–H groups in total. The average molecular weight is 349 g/mol. The van der Waals surface area contributed by atoms with Crippen LogP contribution in [-0.4, -0.2) is 43.9 Å². The summed E-state index contributed by atoms with van der Waals surface area (Å²) in [6, 6.07) is 8.72. The van der Waals surface area contributed by atoms with Gasteiger partial charge in [0.1, 0.15) is 0 Å². The van der Waals surface area contributed by atoms with Crippen molar-refractivity contribution >= 4 is 5.91 Å². The number of aromatic amines is 1. The normalized spacial score (nSPS) is 16.3. The van der Waals surface area contributed by atoms with Gasteiger partial charge < -0.3 is 4.90 Å². The lowest BCUT2D eigenvalue weighted by molar-refractivity contribution is 0.0719. The van der Waals surface area contributed by atoms with Crippen molar-refractivity contribution in [2.45, 2.75) is 38.8 Å². The second-order valence-corrected chi connectivity index (χ2v) is 6.82. The molecule has 0 fully saturated rings. The van der Waals surface area contributed by atoms with Gasteiger partial charge in [-0.3, -0.25) is 14.6 Å². The van der Waals surface area contributed by atoms with Crippen LogP contribution >= 0.6 is 0 Å². The molecular weight excluding hydrogens is 326 g/mol. The number of aryl methyl sites for hydroxylation is 2. The minimum absolute atomic E-state index is 0.00220. The van der Waals surface area contributed by atoms with Gasteiger partial charge in [-0.1, -0.05) is 24.3 Å². The Hall–Kier alpha value is -2.89. The summed E-state index contributed by atoms with van der Waals surface area (Å²) >= 11 is 0. The Morgan fingerprint density at radius 1 is 1.31 bits per heavy atom. The van der Waals surface area contributed by atoms with E-state index in [1.165, 1.54) is 11.1 Å². The molecule has 2 heterocycles. The first-order chi connectivity index (χ1) is 12.7. The molecule has 26 heavy (non-hydrogen) atoms. The number of carbonyl (C=O) groups is 1. The molecule has 4 rings (SSSR count). The van der Waals surface area contributed by atoms with Crippen LogP contribution in [-0.2, 0) is 19.4 Å². The predicted octanol–water partition coefficient (Wildman–Crippen LogP) is 2.92. The van der Waals surface area contributed by atoms with E-state index in [0.717, 1.165) is 37.1 Å². The SMILES string of the molecule is CCn1cc(-c2[nH]ncc2C(=O)N(C)C2CCc3ccccc3C2)cn1. The van der Waals surface area contributed by atoms with Crippen molar-refractivity contribution in [1.29, 1.82) is 0 Å². The van der Waals surface area contributed by atoms with E-state index in [2.05, 4.69) is 39.6 Å². The van der Waals surface area contributed by atoms with E-state index in [1.807, 2.05) is 29.7 Å². The number of H-pyrrole nitrogens is 1. The Morgan fingerprint density at radius 3 is 2.88 bits per heavy atom. The first-order valence-electron chi connectivity index (χ1n) is 9.07. The van der Waals surface area contributed by atoms with Crippen LogP contribution in [0.25, 0.3) is 11.3 Å². The van der Waals surface area contributed by atoms with Crippen LogP contribution < -0.4 is 0 Å². The van der Waals surface area contributed by atoms with Gasteiger partial charge in [0.05, 0.1) is 23.7 Å². The quantitative estimate of drug-likeness (QED) is 0.787. The molecule has 1 aromatic carbocycles. The van der Waals surface area contributed by atoms with Gasteiger partial charge in [0.25, 0.3) is 5.91 Å². The van der Waals surface area contributed by atoms with Crippen molar-refractivity contribution in [3.05, 3.63) is 59.5 Å². The zero-order chi connectivity index (χ0) is 18.1. The van der Waals surface area contributed by atoms with Gasteiger partial charge in [-0.25, -0.2) is 0 Å². The van der Waals surface area contributed by atoms with Crippen LogP contribution in [0, 0.1) is 0 Å². The third kappa shape index (κ3) is 2.92. The Labute approximate surface area is 152 Å². The van der Waals surface area contributed by atoms with Crippen LogP contribution in [0.5, 0.6) is 0 Å². The minimum atomic E-state index is 0.00220. The van der Waals surface area contributed by atoms with Gasteiger partial charge in [0, 0.05) is 31.4 Å². The Morgan fingerprint density at radius 2 is 2.12 bits per heavy atom. The highest BCUT2D eigenvalue weighted by molar-refractivity contribution is 5.99. The lowest BCUT2D eigenvalue weighted by atomic mass is 9.87. The lowest BCUT2D eigenvalue weighted by Gasteiger charge is -2.32. The van der Waals surface area contributed by atoms with Gasteiger partial charge in [-0.15, -0.1) is 0 Å². The fourth-order valence-corrected chi connectivity index (χ4v) is 3.70. The summed E-state index contributed by atoms with van der Waals surface area (Å²) in [6.45, 7) is 2.82. The van der Waals surface area contributed by atoms with E-state index in [1.54, 1.807) is 12.4 Å². The molecule has 0 spiro atoms. The van der Waals surface area contributed by atoms with Crippen molar-refractivity contribution in [2.24, 2.45) is 0 Å². The highest BCUT2D eigenvalue weighted by Gasteiger charge is 2.28. The highest BCUT2D eigenvalue weighted by Crippen LogP contribution is 2.27. The number of benzene rings is 1. The number of likely N-dealkylation sites (N-methyl/N-ethyl adjacent to an activating group) is 1. The number of fused-ring (bicyclic) bond motifs is 1. The topological polar surface area (TPSA) is 66.8 Å². The van der Waals surface area contributed by atoms with Gasteiger partial charge in [0.2, 0.25) is 0 Å². The van der Waals surface area contributed by atoms with Crippen LogP contribution in [0.2, 0.25) is 0 Å². The number of aromatic nitrogens is 4. The number of amides is 1. The molecule has 1 unspecified atom stereocenters. The van der Waals surface area contributed by atoms with E-state index < -0.39 is 0 Å². The van der Waals surface area contributed by atoms with Crippen LogP contribution in [0.3, 0.4) is 0 Å². The zero-order valence-corrected chi connectivity index (χ0v) is 15.1. The minimum Gasteiger partial charge on any atom is -0.338 e. The molecule has 0 aliphatic heterocycles. The number of carbonyl (C=O) groups excluding carboxylic acids is 1. The summed E-state index contributed by atoms with van der Waals surface area (Å²) < 4.78 is 1.84. The molecule has 2 aromatic heterocycles. The summed E-state index contributed by atoms with van der Waals surface area (Å²) in [4.78, 5) is 15.0. The molecule has 0 saturated heterocycles. The smallest absolute Gasteiger partial charge is 0.257 e. The summed E-state index contributed by atoms with van der Waals surface area (Å²) in [5.41, 5.74) is 4.97. The zero-order valence-electron chi connectivity index (χ0n) is 15.1. The monoisotopic (exact) mass is 349 g/mol. The predicted molar refractivity (Wildman–Crippen MR) is 99.8 cm³/mol. The number of hydrogen-bond acceptors (Lipinski definition) is 3. The maximum Gasteiger partial charge on any atom is 0.257 e. The molecule has 1 aliphatic carbocycles. The molecule has 1 atom stereocenters.